The topological polar surface area (TPSA) is 75.4 Å². The van der Waals surface area contributed by atoms with E-state index in [0.29, 0.717) is 30.1 Å². The molecule has 0 bridgehead atoms. The first kappa shape index (κ1) is 20.5. The zero-order valence-corrected chi connectivity index (χ0v) is 17.0. The third-order valence-electron chi connectivity index (χ3n) is 3.82. The van der Waals surface area contributed by atoms with Crippen molar-refractivity contribution < 1.29 is 9.59 Å². The summed E-state index contributed by atoms with van der Waals surface area (Å²) in [6, 6.07) is 10.9. The van der Waals surface area contributed by atoms with Crippen LogP contribution in [0.25, 0.3) is 0 Å². The molecule has 26 heavy (non-hydrogen) atoms. The Morgan fingerprint density at radius 3 is 2.50 bits per heavy atom. The molecule has 0 atom stereocenters. The molecule has 2 amide bonds. The fourth-order valence-corrected chi connectivity index (χ4v) is 3.96. The van der Waals surface area contributed by atoms with Crippen molar-refractivity contribution in [1.82, 2.24) is 4.90 Å². The van der Waals surface area contributed by atoms with Crippen LogP contribution >= 0.6 is 23.1 Å². The largest absolute Gasteiger partial charge is 0.341 e. The summed E-state index contributed by atoms with van der Waals surface area (Å²) >= 11 is 3.13. The summed E-state index contributed by atoms with van der Waals surface area (Å²) in [5.74, 6) is 0.236. The van der Waals surface area contributed by atoms with E-state index in [4.69, 9.17) is 5.73 Å². The second kappa shape index (κ2) is 9.21. The Hall–Kier alpha value is -1.83. The van der Waals surface area contributed by atoms with Gasteiger partial charge in [0.2, 0.25) is 5.91 Å². The molecule has 0 fully saturated rings. The van der Waals surface area contributed by atoms with Crippen molar-refractivity contribution in [3.63, 3.8) is 0 Å². The van der Waals surface area contributed by atoms with Crippen molar-refractivity contribution in [3.8, 4) is 0 Å². The first-order valence-electron chi connectivity index (χ1n) is 8.32. The number of carbonyl (C=O) groups is 2. The van der Waals surface area contributed by atoms with Crippen molar-refractivity contribution in [2.24, 2.45) is 11.1 Å². The lowest BCUT2D eigenvalue weighted by atomic mass is 9.93. The third-order valence-corrected chi connectivity index (χ3v) is 5.95. The van der Waals surface area contributed by atoms with E-state index in [-0.39, 0.29) is 17.2 Å². The van der Waals surface area contributed by atoms with Gasteiger partial charge in [-0.2, -0.15) is 0 Å². The van der Waals surface area contributed by atoms with Crippen LogP contribution in [-0.2, 0) is 4.79 Å². The molecule has 0 saturated carbocycles. The quantitative estimate of drug-likeness (QED) is 0.675. The van der Waals surface area contributed by atoms with E-state index in [9.17, 15) is 9.59 Å². The number of nitrogens with zero attached hydrogens (tertiary/aromatic N) is 1. The van der Waals surface area contributed by atoms with Gasteiger partial charge in [-0.3, -0.25) is 9.59 Å². The monoisotopic (exact) mass is 391 g/mol. The summed E-state index contributed by atoms with van der Waals surface area (Å²) in [5, 5.41) is 4.84. The van der Waals surface area contributed by atoms with E-state index < -0.39 is 0 Å². The Bertz CT molecular complexity index is 728. The van der Waals surface area contributed by atoms with Gasteiger partial charge in [-0.25, -0.2) is 0 Å². The minimum absolute atomic E-state index is 0.0577. The zero-order chi connectivity index (χ0) is 19.2. The van der Waals surface area contributed by atoms with Crippen molar-refractivity contribution >= 4 is 40.6 Å². The smallest absolute Gasteiger partial charge is 0.253 e. The normalized spacial score (nSPS) is 11.2. The number of hydrogen-bond donors (Lipinski definition) is 2. The highest BCUT2D eigenvalue weighted by atomic mass is 32.2. The molecule has 0 unspecified atom stereocenters. The maximum absolute atomic E-state index is 12.5. The van der Waals surface area contributed by atoms with Gasteiger partial charge < -0.3 is 16.0 Å². The highest BCUT2D eigenvalue weighted by molar-refractivity contribution is 8.01. The molecule has 1 aromatic carbocycles. The lowest BCUT2D eigenvalue weighted by Gasteiger charge is -2.29. The zero-order valence-electron chi connectivity index (χ0n) is 15.3. The molecule has 3 N–H and O–H groups in total. The van der Waals surface area contributed by atoms with E-state index in [2.05, 4.69) is 5.32 Å². The maximum Gasteiger partial charge on any atom is 0.253 e. The number of benzene rings is 1. The molecule has 0 saturated heterocycles. The van der Waals surface area contributed by atoms with Crippen LogP contribution in [0.3, 0.4) is 0 Å². The summed E-state index contributed by atoms with van der Waals surface area (Å²) in [6.07, 6.45) is 0. The third kappa shape index (κ3) is 6.16. The second-order valence-corrected chi connectivity index (χ2v) is 9.10. The highest BCUT2D eigenvalue weighted by Gasteiger charge is 2.21. The minimum atomic E-state index is -0.126. The highest BCUT2D eigenvalue weighted by Crippen LogP contribution is 2.23. The van der Waals surface area contributed by atoms with Crippen LogP contribution in [0.4, 0.5) is 5.69 Å². The van der Waals surface area contributed by atoms with E-state index in [1.807, 2.05) is 31.4 Å². The predicted molar refractivity (Wildman–Crippen MR) is 110 cm³/mol. The predicted octanol–water partition coefficient (Wildman–Crippen LogP) is 3.54. The standard InChI is InChI=1S/C19H25N3O2S2/c1-19(2,12-20)13-22(3)18(24)14-6-8-15(9-7-14)21-16(23)11-26-17-5-4-10-25-17/h4-10H,11-13,20H2,1-3H3,(H,21,23). The van der Waals surface area contributed by atoms with Gasteiger partial charge in [0.15, 0.2) is 0 Å². The van der Waals surface area contributed by atoms with Crippen LogP contribution < -0.4 is 11.1 Å². The molecule has 0 spiro atoms. The molecular formula is C19H25N3O2S2. The summed E-state index contributed by atoms with van der Waals surface area (Å²) in [5.41, 5.74) is 6.88. The Labute approximate surface area is 163 Å². The number of carbonyl (C=O) groups excluding carboxylic acids is 2. The molecule has 7 heteroatoms. The van der Waals surface area contributed by atoms with Crippen molar-refractivity contribution in [3.05, 3.63) is 47.3 Å². The first-order chi connectivity index (χ1) is 12.3. The van der Waals surface area contributed by atoms with Gasteiger partial charge in [-0.1, -0.05) is 19.9 Å². The van der Waals surface area contributed by atoms with Gasteiger partial charge in [-0.05, 0) is 47.7 Å². The van der Waals surface area contributed by atoms with Crippen LogP contribution in [0.15, 0.2) is 46.0 Å². The molecule has 2 aromatic rings. The average molecular weight is 392 g/mol. The van der Waals surface area contributed by atoms with Gasteiger partial charge in [0, 0.05) is 24.8 Å². The van der Waals surface area contributed by atoms with Gasteiger partial charge in [-0.15, -0.1) is 23.1 Å². The number of nitrogens with two attached hydrogens (primary N) is 1. The SMILES string of the molecule is CN(CC(C)(C)CN)C(=O)c1ccc(NC(=O)CSc2cccs2)cc1. The maximum atomic E-state index is 12.5. The molecule has 1 heterocycles. The Morgan fingerprint density at radius 2 is 1.92 bits per heavy atom. The molecule has 2 rings (SSSR count). The number of hydrogen-bond acceptors (Lipinski definition) is 5. The summed E-state index contributed by atoms with van der Waals surface area (Å²) in [6.45, 7) is 5.16. The summed E-state index contributed by atoms with van der Waals surface area (Å²) in [4.78, 5) is 26.2. The molecule has 0 aliphatic carbocycles. The first-order valence-corrected chi connectivity index (χ1v) is 10.2. The molecule has 5 nitrogen and oxygen atoms in total. The second-order valence-electron chi connectivity index (χ2n) is 6.88. The Morgan fingerprint density at radius 1 is 1.23 bits per heavy atom. The number of rotatable bonds is 8. The van der Waals surface area contributed by atoms with Gasteiger partial charge >= 0.3 is 0 Å². The molecule has 1 aromatic heterocycles. The van der Waals surface area contributed by atoms with E-state index in [1.165, 1.54) is 11.8 Å². The number of nitrogens with one attached hydrogen (secondary N) is 1. The molecular weight excluding hydrogens is 366 g/mol. The summed E-state index contributed by atoms with van der Waals surface area (Å²) in [7, 11) is 1.78. The van der Waals surface area contributed by atoms with Crippen molar-refractivity contribution in [1.29, 1.82) is 0 Å². The summed E-state index contributed by atoms with van der Waals surface area (Å²) < 4.78 is 1.12. The van der Waals surface area contributed by atoms with E-state index in [1.54, 1.807) is 47.5 Å². The van der Waals surface area contributed by atoms with Crippen LogP contribution in [0, 0.1) is 5.41 Å². The fraction of sp³-hybridized carbons (Fsp3) is 0.368. The molecule has 140 valence electrons. The van der Waals surface area contributed by atoms with Crippen LogP contribution in [-0.4, -0.2) is 42.6 Å². The minimum Gasteiger partial charge on any atom is -0.341 e. The average Bonchev–Trinajstić information content (AvgIpc) is 3.13. The van der Waals surface area contributed by atoms with Crippen molar-refractivity contribution in [2.75, 3.05) is 31.2 Å². The number of anilines is 1. The Kier molecular flexibility index (Phi) is 7.25. The number of thioether (sulfide) groups is 1. The van der Waals surface area contributed by atoms with Crippen LogP contribution in [0.1, 0.15) is 24.2 Å². The van der Waals surface area contributed by atoms with Crippen molar-refractivity contribution in [2.45, 2.75) is 18.1 Å². The number of amides is 2. The molecule has 0 aliphatic rings. The Balaban J connectivity index is 1.88. The van der Waals surface area contributed by atoms with Crippen LogP contribution in [0.2, 0.25) is 0 Å². The lowest BCUT2D eigenvalue weighted by molar-refractivity contribution is -0.113. The van der Waals surface area contributed by atoms with E-state index in [0.717, 1.165) is 4.21 Å². The lowest BCUT2D eigenvalue weighted by Crippen LogP contribution is -2.39. The van der Waals surface area contributed by atoms with Gasteiger partial charge in [0.25, 0.3) is 5.91 Å². The van der Waals surface area contributed by atoms with Gasteiger partial charge in [0.05, 0.1) is 9.96 Å². The van der Waals surface area contributed by atoms with Crippen LogP contribution in [0.5, 0.6) is 0 Å². The van der Waals surface area contributed by atoms with E-state index >= 15 is 0 Å². The fourth-order valence-electron chi connectivity index (χ4n) is 2.37. The number of thiophene rings is 1. The molecule has 0 radical (unpaired) electrons. The van der Waals surface area contributed by atoms with Gasteiger partial charge in [0.1, 0.15) is 0 Å². The molecule has 0 aliphatic heterocycles.